The highest BCUT2D eigenvalue weighted by Crippen LogP contribution is 2.26. The molecule has 1 heterocycles. The third-order valence-electron chi connectivity index (χ3n) is 2.85. The smallest absolute Gasteiger partial charge is 0.123 e. The van der Waals surface area contributed by atoms with Crippen LogP contribution >= 0.6 is 0 Å². The van der Waals surface area contributed by atoms with E-state index in [1.54, 1.807) is 7.11 Å². The fourth-order valence-electron chi connectivity index (χ4n) is 1.96. The van der Waals surface area contributed by atoms with Crippen molar-refractivity contribution in [3.63, 3.8) is 0 Å². The highest BCUT2D eigenvalue weighted by atomic mass is 16.5. The molecule has 2 rings (SSSR count). The molecule has 88 valence electrons. The van der Waals surface area contributed by atoms with Crippen molar-refractivity contribution in [2.24, 2.45) is 5.73 Å². The summed E-state index contributed by atoms with van der Waals surface area (Å²) >= 11 is 0. The zero-order valence-electron chi connectivity index (χ0n) is 9.48. The average Bonchev–Trinajstić information content (AvgIpc) is 2.39. The van der Waals surface area contributed by atoms with Gasteiger partial charge in [-0.3, -0.25) is 0 Å². The highest BCUT2D eigenvalue weighted by molar-refractivity contribution is 5.36. The van der Waals surface area contributed by atoms with Crippen molar-refractivity contribution < 1.29 is 9.47 Å². The van der Waals surface area contributed by atoms with Crippen molar-refractivity contribution in [2.45, 2.75) is 12.1 Å². The quantitative estimate of drug-likeness (QED) is 0.790. The van der Waals surface area contributed by atoms with Crippen molar-refractivity contribution in [2.75, 3.05) is 26.8 Å². The van der Waals surface area contributed by atoms with Gasteiger partial charge in [-0.05, 0) is 6.07 Å². The van der Waals surface area contributed by atoms with Crippen molar-refractivity contribution >= 4 is 0 Å². The van der Waals surface area contributed by atoms with Gasteiger partial charge in [0.2, 0.25) is 0 Å². The summed E-state index contributed by atoms with van der Waals surface area (Å²) in [5.41, 5.74) is 7.20. The standard InChI is InChI=1S/C12H18N2O2/c1-15-10-5-3-2-4-9(10)12(13)11-8-14-6-7-16-11/h2-5,11-12,14H,6-8,13H2,1H3. The SMILES string of the molecule is COc1ccccc1C(N)C1CNCCO1. The minimum Gasteiger partial charge on any atom is -0.496 e. The number of benzene rings is 1. The van der Waals surface area contributed by atoms with Gasteiger partial charge in [0.15, 0.2) is 0 Å². The molecule has 3 N–H and O–H groups in total. The molecular weight excluding hydrogens is 204 g/mol. The Morgan fingerprint density at radius 2 is 2.31 bits per heavy atom. The molecule has 0 saturated carbocycles. The lowest BCUT2D eigenvalue weighted by molar-refractivity contribution is 0.0118. The van der Waals surface area contributed by atoms with Crippen LogP contribution in [0.4, 0.5) is 0 Å². The van der Waals surface area contributed by atoms with E-state index >= 15 is 0 Å². The first kappa shape index (κ1) is 11.4. The Balaban J connectivity index is 2.15. The molecule has 0 bridgehead atoms. The number of methoxy groups -OCH3 is 1. The summed E-state index contributed by atoms with van der Waals surface area (Å²) in [6, 6.07) is 7.67. The Kier molecular flexibility index (Phi) is 3.77. The Hall–Kier alpha value is -1.10. The van der Waals surface area contributed by atoms with E-state index in [1.165, 1.54) is 0 Å². The lowest BCUT2D eigenvalue weighted by Crippen LogP contribution is -2.44. The molecule has 1 aliphatic heterocycles. The van der Waals surface area contributed by atoms with E-state index in [-0.39, 0.29) is 12.1 Å². The van der Waals surface area contributed by atoms with Crippen LogP contribution in [0.3, 0.4) is 0 Å². The molecule has 0 aliphatic carbocycles. The Morgan fingerprint density at radius 1 is 1.50 bits per heavy atom. The van der Waals surface area contributed by atoms with Crippen molar-refractivity contribution in [3.8, 4) is 5.75 Å². The highest BCUT2D eigenvalue weighted by Gasteiger charge is 2.24. The Bertz CT molecular complexity index is 338. The van der Waals surface area contributed by atoms with Crippen LogP contribution in [-0.4, -0.2) is 32.9 Å². The number of rotatable bonds is 3. The third kappa shape index (κ3) is 2.35. The van der Waals surface area contributed by atoms with Gasteiger partial charge >= 0.3 is 0 Å². The van der Waals surface area contributed by atoms with E-state index in [0.717, 1.165) is 24.4 Å². The number of ether oxygens (including phenoxy) is 2. The Morgan fingerprint density at radius 3 is 3.00 bits per heavy atom. The molecule has 4 nitrogen and oxygen atoms in total. The lowest BCUT2D eigenvalue weighted by Gasteiger charge is -2.29. The second kappa shape index (κ2) is 5.30. The molecule has 1 saturated heterocycles. The first-order valence-electron chi connectivity index (χ1n) is 5.53. The van der Waals surface area contributed by atoms with E-state index in [2.05, 4.69) is 5.32 Å². The summed E-state index contributed by atoms with van der Waals surface area (Å²) in [6.45, 7) is 2.40. The summed E-state index contributed by atoms with van der Waals surface area (Å²) in [4.78, 5) is 0. The topological polar surface area (TPSA) is 56.5 Å². The van der Waals surface area contributed by atoms with Gasteiger partial charge in [-0.25, -0.2) is 0 Å². The molecular formula is C12H18N2O2. The molecule has 4 heteroatoms. The molecule has 0 spiro atoms. The molecule has 1 aliphatic rings. The normalized spacial score (nSPS) is 22.8. The van der Waals surface area contributed by atoms with Crippen LogP contribution in [0.25, 0.3) is 0 Å². The van der Waals surface area contributed by atoms with Crippen LogP contribution in [-0.2, 0) is 4.74 Å². The maximum Gasteiger partial charge on any atom is 0.123 e. The zero-order chi connectivity index (χ0) is 11.4. The van der Waals surface area contributed by atoms with Crippen molar-refractivity contribution in [1.29, 1.82) is 0 Å². The monoisotopic (exact) mass is 222 g/mol. The van der Waals surface area contributed by atoms with E-state index in [9.17, 15) is 0 Å². The number of morpholine rings is 1. The minimum absolute atomic E-state index is 0.0186. The summed E-state index contributed by atoms with van der Waals surface area (Å²) in [7, 11) is 1.66. The van der Waals surface area contributed by atoms with Crippen molar-refractivity contribution in [3.05, 3.63) is 29.8 Å². The van der Waals surface area contributed by atoms with Crippen LogP contribution < -0.4 is 15.8 Å². The molecule has 2 atom stereocenters. The maximum absolute atomic E-state index is 6.20. The first-order valence-corrected chi connectivity index (χ1v) is 5.53. The summed E-state index contributed by atoms with van der Waals surface area (Å²) in [5, 5.41) is 3.28. The third-order valence-corrected chi connectivity index (χ3v) is 2.85. The summed E-state index contributed by atoms with van der Waals surface area (Å²) in [5.74, 6) is 0.823. The van der Waals surface area contributed by atoms with Crippen molar-refractivity contribution in [1.82, 2.24) is 5.32 Å². The molecule has 16 heavy (non-hydrogen) atoms. The zero-order valence-corrected chi connectivity index (χ0v) is 9.48. The Labute approximate surface area is 95.7 Å². The molecule has 1 aromatic carbocycles. The predicted molar refractivity (Wildman–Crippen MR) is 62.5 cm³/mol. The molecule has 0 aromatic heterocycles. The van der Waals surface area contributed by atoms with Crippen LogP contribution in [0.1, 0.15) is 11.6 Å². The second-order valence-corrected chi connectivity index (χ2v) is 3.88. The van der Waals surface area contributed by atoms with Crippen LogP contribution in [0.5, 0.6) is 5.75 Å². The van der Waals surface area contributed by atoms with E-state index in [1.807, 2.05) is 24.3 Å². The molecule has 0 radical (unpaired) electrons. The second-order valence-electron chi connectivity index (χ2n) is 3.88. The van der Waals surface area contributed by atoms with Gasteiger partial charge in [0.05, 0.1) is 25.9 Å². The van der Waals surface area contributed by atoms with E-state index in [0.29, 0.717) is 6.61 Å². The summed E-state index contributed by atoms with van der Waals surface area (Å²) < 4.78 is 11.0. The average molecular weight is 222 g/mol. The van der Waals surface area contributed by atoms with Gasteiger partial charge in [-0.1, -0.05) is 18.2 Å². The molecule has 0 amide bonds. The van der Waals surface area contributed by atoms with Crippen LogP contribution in [0, 0.1) is 0 Å². The minimum atomic E-state index is -0.149. The fourth-order valence-corrected chi connectivity index (χ4v) is 1.96. The number of nitrogens with one attached hydrogen (secondary N) is 1. The number of para-hydroxylation sites is 1. The van der Waals surface area contributed by atoms with Crippen LogP contribution in [0.15, 0.2) is 24.3 Å². The van der Waals surface area contributed by atoms with Gasteiger partial charge in [0, 0.05) is 18.7 Å². The number of hydrogen-bond acceptors (Lipinski definition) is 4. The fraction of sp³-hybridized carbons (Fsp3) is 0.500. The number of nitrogens with two attached hydrogens (primary N) is 1. The van der Waals surface area contributed by atoms with Gasteiger partial charge in [0.1, 0.15) is 5.75 Å². The lowest BCUT2D eigenvalue weighted by atomic mass is 10.0. The van der Waals surface area contributed by atoms with Gasteiger partial charge < -0.3 is 20.5 Å². The molecule has 2 unspecified atom stereocenters. The van der Waals surface area contributed by atoms with E-state index in [4.69, 9.17) is 15.2 Å². The van der Waals surface area contributed by atoms with Gasteiger partial charge in [-0.15, -0.1) is 0 Å². The van der Waals surface area contributed by atoms with Crippen LogP contribution in [0.2, 0.25) is 0 Å². The first-order chi connectivity index (χ1) is 7.83. The van der Waals surface area contributed by atoms with Gasteiger partial charge in [0.25, 0.3) is 0 Å². The largest absolute Gasteiger partial charge is 0.496 e. The van der Waals surface area contributed by atoms with Gasteiger partial charge in [-0.2, -0.15) is 0 Å². The predicted octanol–water partition coefficient (Wildman–Crippen LogP) is 0.683. The summed E-state index contributed by atoms with van der Waals surface area (Å²) in [6.07, 6.45) is 0.0186. The maximum atomic E-state index is 6.20. The molecule has 1 fully saturated rings. The number of hydrogen-bond donors (Lipinski definition) is 2. The van der Waals surface area contributed by atoms with E-state index < -0.39 is 0 Å². The molecule has 1 aromatic rings.